The molecule has 17 heavy (non-hydrogen) atoms. The highest BCUT2D eigenvalue weighted by molar-refractivity contribution is 9.10. The van der Waals surface area contributed by atoms with E-state index in [1.54, 1.807) is 11.5 Å². The minimum atomic E-state index is -1.34. The van der Waals surface area contributed by atoms with Gasteiger partial charge in [-0.15, -0.1) is 0 Å². The Labute approximate surface area is 110 Å². The van der Waals surface area contributed by atoms with Gasteiger partial charge in [-0.2, -0.15) is 0 Å². The van der Waals surface area contributed by atoms with Gasteiger partial charge in [0.2, 0.25) is 0 Å². The van der Waals surface area contributed by atoms with E-state index >= 15 is 0 Å². The average Bonchev–Trinajstić information content (AvgIpc) is 2.32. The quantitative estimate of drug-likeness (QED) is 0.908. The number of rotatable bonds is 2. The van der Waals surface area contributed by atoms with Crippen LogP contribution in [0.5, 0.6) is 0 Å². The summed E-state index contributed by atoms with van der Waals surface area (Å²) in [6, 6.07) is 4.35. The molecule has 0 spiro atoms. The minimum Gasteiger partial charge on any atom is -0.378 e. The van der Waals surface area contributed by atoms with E-state index in [0.717, 1.165) is 0 Å². The van der Waals surface area contributed by atoms with Crippen molar-refractivity contribution in [3.8, 4) is 0 Å². The topological polar surface area (TPSA) is 38.4 Å². The van der Waals surface area contributed by atoms with E-state index in [9.17, 15) is 8.78 Å². The summed E-state index contributed by atoms with van der Waals surface area (Å²) in [7, 11) is 0. The van der Waals surface area contributed by atoms with Crippen molar-refractivity contribution in [3.63, 3.8) is 0 Å². The maximum atomic E-state index is 13.8. The van der Waals surface area contributed by atoms with Crippen molar-refractivity contribution in [2.24, 2.45) is 10.7 Å². The molecular formula is C11H9BrF2N2S. The summed E-state index contributed by atoms with van der Waals surface area (Å²) >= 11 is 4.42. The predicted molar refractivity (Wildman–Crippen MR) is 70.1 cm³/mol. The molecule has 0 fully saturated rings. The third-order valence-electron chi connectivity index (χ3n) is 2.44. The van der Waals surface area contributed by atoms with E-state index in [2.05, 4.69) is 20.9 Å². The zero-order valence-electron chi connectivity index (χ0n) is 8.66. The third kappa shape index (κ3) is 2.37. The molecule has 1 atom stereocenters. The number of amidine groups is 1. The zero-order chi connectivity index (χ0) is 12.5. The second-order valence-electron chi connectivity index (χ2n) is 3.55. The lowest BCUT2D eigenvalue weighted by molar-refractivity contribution is 0.361. The van der Waals surface area contributed by atoms with E-state index < -0.39 is 18.0 Å². The van der Waals surface area contributed by atoms with Gasteiger partial charge < -0.3 is 5.73 Å². The van der Waals surface area contributed by atoms with Gasteiger partial charge in [0, 0.05) is 10.0 Å². The first-order valence-electron chi connectivity index (χ1n) is 4.78. The molecule has 0 aromatic heterocycles. The first kappa shape index (κ1) is 12.6. The molecule has 90 valence electrons. The van der Waals surface area contributed by atoms with Crippen LogP contribution in [0.3, 0.4) is 0 Å². The molecule has 1 aliphatic rings. The van der Waals surface area contributed by atoms with Gasteiger partial charge in [0.25, 0.3) is 0 Å². The van der Waals surface area contributed by atoms with Crippen LogP contribution < -0.4 is 5.73 Å². The summed E-state index contributed by atoms with van der Waals surface area (Å²) in [5, 5.41) is 1.85. The SMILES string of the molecule is NC1=N[C@](CF)(c2cc(Br)ccc2F)C=CS1. The number of hydrogen-bond acceptors (Lipinski definition) is 3. The van der Waals surface area contributed by atoms with Gasteiger partial charge in [-0.05, 0) is 29.7 Å². The number of halogens is 3. The molecule has 1 aliphatic heterocycles. The van der Waals surface area contributed by atoms with Crippen LogP contribution in [-0.4, -0.2) is 11.8 Å². The Bertz CT molecular complexity index is 504. The van der Waals surface area contributed by atoms with Crippen LogP contribution in [0.2, 0.25) is 0 Å². The van der Waals surface area contributed by atoms with Crippen molar-refractivity contribution < 1.29 is 8.78 Å². The number of nitrogens with zero attached hydrogens (tertiary/aromatic N) is 1. The molecule has 2 nitrogen and oxygen atoms in total. The molecule has 1 aromatic rings. The van der Waals surface area contributed by atoms with Gasteiger partial charge in [-0.3, -0.25) is 0 Å². The number of thioether (sulfide) groups is 1. The minimum absolute atomic E-state index is 0.175. The number of alkyl halides is 1. The number of benzene rings is 1. The van der Waals surface area contributed by atoms with Gasteiger partial charge in [-0.25, -0.2) is 13.8 Å². The van der Waals surface area contributed by atoms with E-state index in [1.807, 2.05) is 0 Å². The zero-order valence-corrected chi connectivity index (χ0v) is 11.1. The fourth-order valence-corrected chi connectivity index (χ4v) is 2.61. The van der Waals surface area contributed by atoms with Crippen molar-refractivity contribution in [1.29, 1.82) is 0 Å². The van der Waals surface area contributed by atoms with Crippen LogP contribution in [0.1, 0.15) is 5.56 Å². The number of aliphatic imine (C=N–C) groups is 1. The first-order valence-corrected chi connectivity index (χ1v) is 6.46. The molecule has 2 rings (SSSR count). The van der Waals surface area contributed by atoms with Crippen LogP contribution in [0.15, 0.2) is 39.1 Å². The Hall–Kier alpha value is -0.880. The Morgan fingerprint density at radius 3 is 2.88 bits per heavy atom. The lowest BCUT2D eigenvalue weighted by Crippen LogP contribution is -2.30. The van der Waals surface area contributed by atoms with E-state index in [4.69, 9.17) is 5.73 Å². The summed E-state index contributed by atoms with van der Waals surface area (Å²) in [5.41, 5.74) is 4.40. The van der Waals surface area contributed by atoms with Gasteiger partial charge >= 0.3 is 0 Å². The van der Waals surface area contributed by atoms with Crippen LogP contribution in [0, 0.1) is 5.82 Å². The van der Waals surface area contributed by atoms with Gasteiger partial charge in [0.15, 0.2) is 5.17 Å². The summed E-state index contributed by atoms with van der Waals surface area (Å²) in [6.45, 7) is -0.835. The summed E-state index contributed by atoms with van der Waals surface area (Å²) < 4.78 is 27.7. The van der Waals surface area contributed by atoms with Crippen LogP contribution in [-0.2, 0) is 5.54 Å². The molecule has 0 radical (unpaired) electrons. The molecule has 1 aromatic carbocycles. The highest BCUT2D eigenvalue weighted by Gasteiger charge is 2.34. The highest BCUT2D eigenvalue weighted by Crippen LogP contribution is 2.36. The molecule has 0 bridgehead atoms. The van der Waals surface area contributed by atoms with Crippen molar-refractivity contribution in [2.45, 2.75) is 5.54 Å². The lowest BCUT2D eigenvalue weighted by atomic mass is 9.91. The molecule has 1 heterocycles. The molecule has 2 N–H and O–H groups in total. The number of hydrogen-bond donors (Lipinski definition) is 1. The molecule has 0 unspecified atom stereocenters. The maximum Gasteiger partial charge on any atom is 0.159 e. The van der Waals surface area contributed by atoms with Gasteiger partial charge in [-0.1, -0.05) is 27.7 Å². The Morgan fingerprint density at radius 2 is 2.24 bits per heavy atom. The third-order valence-corrected chi connectivity index (χ3v) is 3.54. The molecule has 0 saturated heterocycles. The Kier molecular flexibility index (Phi) is 3.53. The summed E-state index contributed by atoms with van der Waals surface area (Å²) in [4.78, 5) is 4.04. The van der Waals surface area contributed by atoms with Crippen LogP contribution in [0.25, 0.3) is 0 Å². The summed E-state index contributed by atoms with van der Waals surface area (Å²) in [5.74, 6) is -0.501. The molecular weight excluding hydrogens is 310 g/mol. The second-order valence-corrected chi connectivity index (χ2v) is 5.39. The van der Waals surface area contributed by atoms with Crippen LogP contribution in [0.4, 0.5) is 8.78 Å². The van der Waals surface area contributed by atoms with Crippen molar-refractivity contribution in [1.82, 2.24) is 0 Å². The van der Waals surface area contributed by atoms with Gasteiger partial charge in [0.05, 0.1) is 0 Å². The molecule has 0 amide bonds. The van der Waals surface area contributed by atoms with E-state index in [0.29, 0.717) is 4.47 Å². The Morgan fingerprint density at radius 1 is 1.47 bits per heavy atom. The standard InChI is InChI=1S/C11H9BrF2N2S/c12-7-1-2-9(14)8(5-7)11(6-13)3-4-17-10(15)16-11/h1-5H,6H2,(H2,15,16)/t11-/m1/s1. The highest BCUT2D eigenvalue weighted by atomic mass is 79.9. The van der Waals surface area contributed by atoms with Gasteiger partial charge in [0.1, 0.15) is 18.0 Å². The van der Waals surface area contributed by atoms with Crippen LogP contribution >= 0.6 is 27.7 Å². The molecule has 0 aliphatic carbocycles. The normalized spacial score (nSPS) is 23.6. The fraction of sp³-hybridized carbons (Fsp3) is 0.182. The maximum absolute atomic E-state index is 13.8. The number of nitrogens with two attached hydrogens (primary N) is 1. The summed E-state index contributed by atoms with van der Waals surface area (Å²) in [6.07, 6.45) is 1.53. The molecule has 6 heteroatoms. The predicted octanol–water partition coefficient (Wildman–Crippen LogP) is 3.33. The van der Waals surface area contributed by atoms with Crippen molar-refractivity contribution >= 4 is 32.9 Å². The first-order chi connectivity index (χ1) is 8.07. The lowest BCUT2D eigenvalue weighted by Gasteiger charge is -2.27. The monoisotopic (exact) mass is 318 g/mol. The van der Waals surface area contributed by atoms with Crippen molar-refractivity contribution in [3.05, 3.63) is 45.5 Å². The molecule has 0 saturated carbocycles. The Balaban J connectivity index is 2.59. The van der Waals surface area contributed by atoms with Crippen molar-refractivity contribution in [2.75, 3.05) is 6.67 Å². The fourth-order valence-electron chi connectivity index (χ4n) is 1.60. The second kappa shape index (κ2) is 4.78. The smallest absolute Gasteiger partial charge is 0.159 e. The average molecular weight is 319 g/mol. The van der Waals surface area contributed by atoms with E-state index in [1.165, 1.54) is 30.0 Å². The van der Waals surface area contributed by atoms with E-state index in [-0.39, 0.29) is 10.7 Å². The largest absolute Gasteiger partial charge is 0.378 e.